The highest BCUT2D eigenvalue weighted by Crippen LogP contribution is 2.32. The second-order valence-electron chi connectivity index (χ2n) is 11.0. The predicted octanol–water partition coefficient (Wildman–Crippen LogP) is 6.92. The van der Waals surface area contributed by atoms with Crippen LogP contribution in [0.2, 0.25) is 10.0 Å². The average molecular weight is 668 g/mol. The number of aromatic nitrogens is 3. The highest BCUT2D eigenvalue weighted by molar-refractivity contribution is 6.39. The quantitative estimate of drug-likeness (QED) is 0.118. The molecule has 0 aliphatic heterocycles. The van der Waals surface area contributed by atoms with Crippen LogP contribution in [-0.4, -0.2) is 69.2 Å². The molecule has 0 atom stereocenters. The number of amides is 2. The van der Waals surface area contributed by atoms with Crippen molar-refractivity contribution in [2.24, 2.45) is 0 Å². The number of anilines is 2. The van der Waals surface area contributed by atoms with E-state index >= 15 is 0 Å². The van der Waals surface area contributed by atoms with Gasteiger partial charge in [-0.1, -0.05) is 78.9 Å². The molecule has 0 fully saturated rings. The zero-order valence-corrected chi connectivity index (χ0v) is 27.6. The number of likely N-dealkylation sites (N-methyl/N-ethyl adjacent to an activating group) is 1. The summed E-state index contributed by atoms with van der Waals surface area (Å²) in [6.07, 6.45) is 7.27. The topological polar surface area (TPSA) is 124 Å². The van der Waals surface area contributed by atoms with Gasteiger partial charge in [0.05, 0.1) is 28.0 Å². The van der Waals surface area contributed by atoms with E-state index in [4.69, 9.17) is 28.3 Å². The lowest BCUT2D eigenvalue weighted by Gasteiger charge is -2.24. The maximum Gasteiger partial charge on any atom is 0.326 e. The lowest BCUT2D eigenvalue weighted by Crippen LogP contribution is -2.41. The van der Waals surface area contributed by atoms with Crippen LogP contribution in [0, 0.1) is 0 Å². The minimum atomic E-state index is -0.555. The van der Waals surface area contributed by atoms with Crippen molar-refractivity contribution in [2.75, 3.05) is 43.5 Å². The highest BCUT2D eigenvalue weighted by Gasteiger charge is 2.23. The van der Waals surface area contributed by atoms with Crippen LogP contribution >= 0.6 is 23.2 Å². The van der Waals surface area contributed by atoms with Gasteiger partial charge < -0.3 is 20.4 Å². The van der Waals surface area contributed by atoms with Gasteiger partial charge in [-0.15, -0.1) is 0 Å². The number of aryl methyl sites for hydroxylation is 1. The first-order chi connectivity index (χ1) is 22.2. The van der Waals surface area contributed by atoms with Crippen LogP contribution in [0.5, 0.6) is 5.75 Å². The lowest BCUT2D eigenvalue weighted by atomic mass is 10.0. The van der Waals surface area contributed by atoms with Crippen LogP contribution in [0.1, 0.15) is 39.0 Å². The molecular formula is C34H40Cl2N6O4. The fourth-order valence-corrected chi connectivity index (χ4v) is 5.60. The standard InChI is InChI=1S/C34H40Cl2N6O4/c1-3-42-33(45)30(21-29(39-42)25-13-11-12-24(20-25)26-14-7-8-15-31(26)44)41(17-10-6-4-5-9-16-40(2)18-19-43)34(46)38-32-27(35)22-37-23-28(32)36/h7-8,11-15,20-23,43-44H,3-6,9-10,16-19H2,1-2H3,(H,37,38,46). The van der Waals surface area contributed by atoms with E-state index in [1.165, 1.54) is 22.0 Å². The number of hydrogen-bond donors (Lipinski definition) is 3. The summed E-state index contributed by atoms with van der Waals surface area (Å²) in [5.41, 5.74) is 2.64. The van der Waals surface area contributed by atoms with Crippen LogP contribution in [0.15, 0.2) is 71.8 Å². The van der Waals surface area contributed by atoms with E-state index in [1.54, 1.807) is 18.2 Å². The molecule has 46 heavy (non-hydrogen) atoms. The van der Waals surface area contributed by atoms with E-state index in [1.807, 2.05) is 50.4 Å². The number of pyridine rings is 1. The highest BCUT2D eigenvalue weighted by atomic mass is 35.5. The van der Waals surface area contributed by atoms with Gasteiger partial charge in [-0.05, 0) is 57.1 Å². The first kappa shape index (κ1) is 34.9. The Morgan fingerprint density at radius 2 is 1.59 bits per heavy atom. The van der Waals surface area contributed by atoms with Crippen LogP contribution in [-0.2, 0) is 6.54 Å². The maximum atomic E-state index is 13.9. The Morgan fingerprint density at radius 1 is 0.913 bits per heavy atom. The summed E-state index contributed by atoms with van der Waals surface area (Å²) in [7, 11) is 1.99. The number of carbonyl (C=O) groups excluding carboxylic acids is 1. The second-order valence-corrected chi connectivity index (χ2v) is 11.8. The molecule has 0 unspecified atom stereocenters. The number of halogens is 2. The monoisotopic (exact) mass is 666 g/mol. The molecule has 4 aromatic rings. The van der Waals surface area contributed by atoms with Crippen LogP contribution in [0.3, 0.4) is 0 Å². The number of unbranched alkanes of at least 4 members (excludes halogenated alkanes) is 4. The van der Waals surface area contributed by atoms with E-state index in [-0.39, 0.29) is 40.3 Å². The van der Waals surface area contributed by atoms with Gasteiger partial charge in [0, 0.05) is 43.2 Å². The Labute approximate surface area is 279 Å². The first-order valence-corrected chi connectivity index (χ1v) is 16.2. The zero-order chi connectivity index (χ0) is 33.1. The molecule has 0 bridgehead atoms. The molecule has 2 heterocycles. The van der Waals surface area contributed by atoms with E-state index < -0.39 is 11.6 Å². The number of phenolic OH excluding ortho intramolecular Hbond substituents is 1. The van der Waals surface area contributed by atoms with E-state index in [9.17, 15) is 14.7 Å². The van der Waals surface area contributed by atoms with Gasteiger partial charge >= 0.3 is 6.03 Å². The molecular weight excluding hydrogens is 627 g/mol. The molecule has 0 saturated carbocycles. The van der Waals surface area contributed by atoms with Crippen molar-refractivity contribution < 1.29 is 15.0 Å². The zero-order valence-electron chi connectivity index (χ0n) is 26.1. The Kier molecular flexibility index (Phi) is 13.0. The number of rotatable bonds is 15. The van der Waals surface area contributed by atoms with Crippen molar-refractivity contribution in [2.45, 2.75) is 45.6 Å². The maximum absolute atomic E-state index is 13.9. The number of benzene rings is 2. The minimum absolute atomic E-state index is 0.142. The number of hydrogen-bond acceptors (Lipinski definition) is 7. The summed E-state index contributed by atoms with van der Waals surface area (Å²) < 4.78 is 1.34. The molecule has 0 aliphatic rings. The second kappa shape index (κ2) is 17.1. The Hall–Kier alpha value is -3.96. The third-order valence-electron chi connectivity index (χ3n) is 7.65. The fourth-order valence-electron chi connectivity index (χ4n) is 5.14. The molecule has 10 nitrogen and oxygen atoms in total. The van der Waals surface area contributed by atoms with Gasteiger partial charge in [0.1, 0.15) is 11.4 Å². The largest absolute Gasteiger partial charge is 0.507 e. The molecule has 3 N–H and O–H groups in total. The SMILES string of the molecule is CCn1nc(-c2cccc(-c3ccccc3O)c2)cc(N(CCCCCCCN(C)CCO)C(=O)Nc2c(Cl)cncc2Cl)c1=O. The smallest absolute Gasteiger partial charge is 0.326 e. The van der Waals surface area contributed by atoms with Crippen molar-refractivity contribution in [3.05, 3.63) is 87.4 Å². The molecule has 12 heteroatoms. The number of aliphatic hydroxyl groups excluding tert-OH is 1. The number of carbonyl (C=O) groups is 1. The van der Waals surface area contributed by atoms with Crippen molar-refractivity contribution in [1.29, 1.82) is 0 Å². The van der Waals surface area contributed by atoms with Gasteiger partial charge in [0.2, 0.25) is 0 Å². The van der Waals surface area contributed by atoms with Gasteiger partial charge in [-0.25, -0.2) is 9.48 Å². The molecule has 2 aromatic heterocycles. The third-order valence-corrected chi connectivity index (χ3v) is 8.23. The summed E-state index contributed by atoms with van der Waals surface area (Å²) in [5, 5.41) is 27.3. The molecule has 0 spiro atoms. The number of para-hydroxylation sites is 1. The molecule has 0 saturated heterocycles. The molecule has 244 valence electrons. The summed E-state index contributed by atoms with van der Waals surface area (Å²) in [6, 6.07) is 15.7. The number of phenols is 1. The van der Waals surface area contributed by atoms with E-state index in [0.29, 0.717) is 30.8 Å². The number of aromatic hydroxyl groups is 1. The van der Waals surface area contributed by atoms with Crippen LogP contribution in [0.4, 0.5) is 16.2 Å². The number of nitrogens with zero attached hydrogens (tertiary/aromatic N) is 5. The minimum Gasteiger partial charge on any atom is -0.507 e. The van der Waals surface area contributed by atoms with Crippen LogP contribution in [0.25, 0.3) is 22.4 Å². The third kappa shape index (κ3) is 9.07. The summed E-state index contributed by atoms with van der Waals surface area (Å²) >= 11 is 12.6. The number of nitrogens with one attached hydrogen (secondary N) is 1. The van der Waals surface area contributed by atoms with Gasteiger partial charge in [0.25, 0.3) is 5.56 Å². The molecule has 0 radical (unpaired) electrons. The Bertz CT molecular complexity index is 1660. The van der Waals surface area contributed by atoms with Crippen molar-refractivity contribution in [3.63, 3.8) is 0 Å². The van der Waals surface area contributed by atoms with Crippen molar-refractivity contribution in [3.8, 4) is 28.1 Å². The first-order valence-electron chi connectivity index (χ1n) is 15.4. The van der Waals surface area contributed by atoms with Crippen LogP contribution < -0.4 is 15.8 Å². The van der Waals surface area contributed by atoms with Crippen molar-refractivity contribution in [1.82, 2.24) is 19.7 Å². The molecule has 4 rings (SSSR count). The van der Waals surface area contributed by atoms with Gasteiger partial charge in [-0.2, -0.15) is 5.10 Å². The van der Waals surface area contributed by atoms with Gasteiger partial charge in [-0.3, -0.25) is 14.7 Å². The molecule has 0 aliphatic carbocycles. The normalized spacial score (nSPS) is 11.2. The average Bonchev–Trinajstić information content (AvgIpc) is 3.05. The molecule has 2 aromatic carbocycles. The van der Waals surface area contributed by atoms with E-state index in [2.05, 4.69) is 20.3 Å². The number of aliphatic hydroxyl groups is 1. The Morgan fingerprint density at radius 3 is 2.28 bits per heavy atom. The summed E-state index contributed by atoms with van der Waals surface area (Å²) in [6.45, 7) is 4.09. The lowest BCUT2D eigenvalue weighted by molar-refractivity contribution is 0.219. The Balaban J connectivity index is 1.64. The van der Waals surface area contributed by atoms with Gasteiger partial charge in [0.15, 0.2) is 0 Å². The summed E-state index contributed by atoms with van der Waals surface area (Å²) in [5.74, 6) is 0.153. The van der Waals surface area contributed by atoms with E-state index in [0.717, 1.165) is 43.4 Å². The molecule has 2 amide bonds. The fraction of sp³-hybridized carbons (Fsp3) is 0.353. The predicted molar refractivity (Wildman–Crippen MR) is 185 cm³/mol. The summed E-state index contributed by atoms with van der Waals surface area (Å²) in [4.78, 5) is 35.0. The van der Waals surface area contributed by atoms with Crippen molar-refractivity contribution >= 4 is 40.6 Å². The number of urea groups is 1.